The second-order valence-corrected chi connectivity index (χ2v) is 7.67. The van der Waals surface area contributed by atoms with Gasteiger partial charge in [0.05, 0.1) is 11.1 Å². The van der Waals surface area contributed by atoms with Crippen molar-refractivity contribution in [1.29, 1.82) is 0 Å². The summed E-state index contributed by atoms with van der Waals surface area (Å²) in [6.45, 7) is 2.11. The number of halogens is 1. The summed E-state index contributed by atoms with van der Waals surface area (Å²) in [5.74, 6) is -0.440. The first-order valence-corrected chi connectivity index (χ1v) is 10.5. The highest BCUT2D eigenvalue weighted by Crippen LogP contribution is 2.20. The van der Waals surface area contributed by atoms with Crippen molar-refractivity contribution in [2.24, 2.45) is 5.10 Å². The summed E-state index contributed by atoms with van der Waals surface area (Å²) in [5.41, 5.74) is 5.23. The number of hydrogen-bond acceptors (Lipinski definition) is 6. The second-order valence-electron chi connectivity index (χ2n) is 7.26. The molecular formula is C24H21ClN4O5. The number of nitrogens with zero attached hydrogens (tertiary/aromatic N) is 2. The van der Waals surface area contributed by atoms with Crippen LogP contribution in [0.4, 0.5) is 11.4 Å². The molecule has 0 heterocycles. The lowest BCUT2D eigenvalue weighted by molar-refractivity contribution is -0.384. The molecule has 2 N–H and O–H groups in total. The molecule has 0 aliphatic carbocycles. The van der Waals surface area contributed by atoms with E-state index >= 15 is 0 Å². The van der Waals surface area contributed by atoms with Crippen LogP contribution in [-0.2, 0) is 16.2 Å². The minimum Gasteiger partial charge on any atom is -0.489 e. The molecule has 0 atom stereocenters. The molecule has 34 heavy (non-hydrogen) atoms. The molecule has 0 aromatic heterocycles. The number of ether oxygens (including phenoxy) is 1. The summed E-state index contributed by atoms with van der Waals surface area (Å²) in [4.78, 5) is 34.1. The summed E-state index contributed by atoms with van der Waals surface area (Å²) >= 11 is 6.02. The number of aryl methyl sites for hydroxylation is 1. The summed E-state index contributed by atoms with van der Waals surface area (Å²) < 4.78 is 5.66. The van der Waals surface area contributed by atoms with Crippen molar-refractivity contribution in [1.82, 2.24) is 5.43 Å². The maximum atomic E-state index is 12.0. The molecule has 10 heteroatoms. The van der Waals surface area contributed by atoms with Crippen molar-refractivity contribution >= 4 is 41.0 Å². The SMILES string of the molecule is Cc1ccc(NC(=O)CC(=O)NN=Cc2ccc(OCc3ccc([N+](=O)[O-])cc3)cc2)cc1Cl. The van der Waals surface area contributed by atoms with Gasteiger partial charge in [-0.25, -0.2) is 5.43 Å². The van der Waals surface area contributed by atoms with Gasteiger partial charge in [0.2, 0.25) is 11.8 Å². The number of benzene rings is 3. The van der Waals surface area contributed by atoms with Crippen LogP contribution in [0, 0.1) is 17.0 Å². The van der Waals surface area contributed by atoms with Gasteiger partial charge in [0, 0.05) is 22.8 Å². The van der Waals surface area contributed by atoms with Crippen LogP contribution in [0.5, 0.6) is 5.75 Å². The molecule has 0 fully saturated rings. The lowest BCUT2D eigenvalue weighted by Crippen LogP contribution is -2.24. The fourth-order valence-electron chi connectivity index (χ4n) is 2.77. The molecule has 0 aliphatic heterocycles. The van der Waals surface area contributed by atoms with E-state index in [4.69, 9.17) is 16.3 Å². The van der Waals surface area contributed by atoms with Crippen molar-refractivity contribution in [2.75, 3.05) is 5.32 Å². The largest absolute Gasteiger partial charge is 0.489 e. The third-order valence-electron chi connectivity index (χ3n) is 4.61. The number of rotatable bonds is 9. The number of nitrogens with one attached hydrogen (secondary N) is 2. The van der Waals surface area contributed by atoms with Crippen molar-refractivity contribution in [3.05, 3.63) is 98.6 Å². The zero-order valence-corrected chi connectivity index (χ0v) is 18.9. The average molecular weight is 481 g/mol. The Hall–Kier alpha value is -4.24. The molecule has 3 aromatic rings. The number of nitro benzene ring substituents is 1. The summed E-state index contributed by atoms with van der Waals surface area (Å²) in [5, 5.41) is 17.7. The summed E-state index contributed by atoms with van der Waals surface area (Å²) in [7, 11) is 0. The number of anilines is 1. The lowest BCUT2D eigenvalue weighted by atomic mass is 10.2. The van der Waals surface area contributed by atoms with Gasteiger partial charge in [0.1, 0.15) is 18.8 Å². The Morgan fingerprint density at radius 2 is 1.76 bits per heavy atom. The molecule has 0 radical (unpaired) electrons. The first kappa shape index (κ1) is 24.4. The van der Waals surface area contributed by atoms with Crippen molar-refractivity contribution in [2.45, 2.75) is 20.0 Å². The van der Waals surface area contributed by atoms with Crippen LogP contribution in [0.1, 0.15) is 23.1 Å². The van der Waals surface area contributed by atoms with Gasteiger partial charge in [-0.1, -0.05) is 17.7 Å². The fourth-order valence-corrected chi connectivity index (χ4v) is 2.95. The molecule has 9 nitrogen and oxygen atoms in total. The van der Waals surface area contributed by atoms with Crippen LogP contribution < -0.4 is 15.5 Å². The predicted molar refractivity (Wildman–Crippen MR) is 129 cm³/mol. The average Bonchev–Trinajstić information content (AvgIpc) is 2.81. The third-order valence-corrected chi connectivity index (χ3v) is 5.02. The number of carbonyl (C=O) groups excluding carboxylic acids is 2. The topological polar surface area (TPSA) is 123 Å². The minimum atomic E-state index is -0.560. The predicted octanol–water partition coefficient (Wildman–Crippen LogP) is 4.61. The van der Waals surface area contributed by atoms with E-state index in [1.165, 1.54) is 18.3 Å². The van der Waals surface area contributed by atoms with E-state index in [2.05, 4.69) is 15.8 Å². The quantitative estimate of drug-likeness (QED) is 0.200. The zero-order valence-electron chi connectivity index (χ0n) is 18.2. The molecule has 0 spiro atoms. The molecule has 3 rings (SSSR count). The van der Waals surface area contributed by atoms with E-state index in [-0.39, 0.29) is 12.3 Å². The van der Waals surface area contributed by atoms with Gasteiger partial charge < -0.3 is 10.1 Å². The Bertz CT molecular complexity index is 1210. The highest BCUT2D eigenvalue weighted by atomic mass is 35.5. The smallest absolute Gasteiger partial charge is 0.269 e. The summed E-state index contributed by atoms with van der Waals surface area (Å²) in [6, 6.07) is 18.2. The van der Waals surface area contributed by atoms with Gasteiger partial charge in [0.15, 0.2) is 0 Å². The van der Waals surface area contributed by atoms with E-state index in [0.29, 0.717) is 22.0 Å². The number of hydrazone groups is 1. The summed E-state index contributed by atoms with van der Waals surface area (Å²) in [6.07, 6.45) is 1.05. The van der Waals surface area contributed by atoms with Gasteiger partial charge in [0.25, 0.3) is 5.69 Å². The molecular weight excluding hydrogens is 460 g/mol. The van der Waals surface area contributed by atoms with Crippen LogP contribution in [0.25, 0.3) is 0 Å². The van der Waals surface area contributed by atoms with Gasteiger partial charge >= 0.3 is 0 Å². The Morgan fingerprint density at radius 3 is 2.41 bits per heavy atom. The van der Waals surface area contributed by atoms with Gasteiger partial charge in [-0.2, -0.15) is 5.10 Å². The van der Waals surface area contributed by atoms with E-state index in [1.807, 2.05) is 6.92 Å². The van der Waals surface area contributed by atoms with E-state index in [1.54, 1.807) is 54.6 Å². The highest BCUT2D eigenvalue weighted by Gasteiger charge is 2.10. The number of non-ortho nitro benzene ring substituents is 1. The molecule has 0 unspecified atom stereocenters. The maximum Gasteiger partial charge on any atom is 0.269 e. The monoisotopic (exact) mass is 480 g/mol. The third kappa shape index (κ3) is 7.42. The minimum absolute atomic E-state index is 0.0243. The van der Waals surface area contributed by atoms with Crippen LogP contribution >= 0.6 is 11.6 Å². The first-order chi connectivity index (χ1) is 16.3. The van der Waals surface area contributed by atoms with Crippen molar-refractivity contribution in [3.63, 3.8) is 0 Å². The molecule has 174 valence electrons. The van der Waals surface area contributed by atoms with E-state index in [9.17, 15) is 19.7 Å². The molecule has 0 saturated heterocycles. The first-order valence-electron chi connectivity index (χ1n) is 10.1. The normalized spacial score (nSPS) is 10.6. The number of amides is 2. The van der Waals surface area contributed by atoms with Crippen molar-refractivity contribution in [3.8, 4) is 5.75 Å². The molecule has 2 amide bonds. The van der Waals surface area contributed by atoms with E-state index in [0.717, 1.165) is 11.1 Å². The van der Waals surface area contributed by atoms with Crippen LogP contribution in [-0.4, -0.2) is 23.0 Å². The number of hydrogen-bond donors (Lipinski definition) is 2. The van der Waals surface area contributed by atoms with Gasteiger partial charge in [-0.15, -0.1) is 0 Å². The molecule has 3 aromatic carbocycles. The fraction of sp³-hybridized carbons (Fsp3) is 0.125. The number of carbonyl (C=O) groups is 2. The molecule has 0 aliphatic rings. The highest BCUT2D eigenvalue weighted by molar-refractivity contribution is 6.31. The molecule has 0 saturated carbocycles. The van der Waals surface area contributed by atoms with Crippen molar-refractivity contribution < 1.29 is 19.2 Å². The second kappa shape index (κ2) is 11.6. The van der Waals surface area contributed by atoms with Gasteiger partial charge in [-0.05, 0) is 72.1 Å². The Morgan fingerprint density at radius 1 is 1.06 bits per heavy atom. The maximum absolute atomic E-state index is 12.0. The lowest BCUT2D eigenvalue weighted by Gasteiger charge is -2.07. The molecule has 0 bridgehead atoms. The van der Waals surface area contributed by atoms with Gasteiger partial charge in [-0.3, -0.25) is 19.7 Å². The van der Waals surface area contributed by atoms with E-state index < -0.39 is 23.2 Å². The van der Waals surface area contributed by atoms with Crippen LogP contribution in [0.2, 0.25) is 5.02 Å². The Labute approximate surface area is 200 Å². The standard InChI is InChI=1S/C24H21ClN4O5/c1-16-2-7-19(12-22(16)25)27-23(30)13-24(31)28-26-14-17-5-10-21(11-6-17)34-15-18-3-8-20(9-4-18)29(32)33/h2-12,14H,13,15H2,1H3,(H,27,30)(H,28,31). The Balaban J connectivity index is 1.42. The Kier molecular flexibility index (Phi) is 8.31. The zero-order chi connectivity index (χ0) is 24.5. The van der Waals surface area contributed by atoms with Crippen LogP contribution in [0.15, 0.2) is 71.8 Å². The van der Waals surface area contributed by atoms with Crippen LogP contribution in [0.3, 0.4) is 0 Å². The number of nitro groups is 1.